The highest BCUT2D eigenvalue weighted by Crippen LogP contribution is 2.40. The summed E-state index contributed by atoms with van der Waals surface area (Å²) in [5.74, 6) is -0.158. The third-order valence-electron chi connectivity index (χ3n) is 5.93. The van der Waals surface area contributed by atoms with Crippen LogP contribution < -0.4 is 4.74 Å². The molecule has 1 N–H and O–H groups in total. The van der Waals surface area contributed by atoms with E-state index in [2.05, 4.69) is 41.3 Å². The predicted octanol–water partition coefficient (Wildman–Crippen LogP) is 5.78. The number of hydrogen-bond donors (Lipinski definition) is 1. The van der Waals surface area contributed by atoms with Gasteiger partial charge in [0.1, 0.15) is 5.75 Å². The minimum atomic E-state index is -0.700. The van der Waals surface area contributed by atoms with Crippen LogP contribution in [-0.4, -0.2) is 35.7 Å². The maximum absolute atomic E-state index is 11.5. The first-order valence-electron chi connectivity index (χ1n) is 10.4. The molecule has 0 spiro atoms. The largest absolute Gasteiger partial charge is 0.494 e. The Morgan fingerprint density at radius 3 is 2.57 bits per heavy atom. The van der Waals surface area contributed by atoms with Crippen LogP contribution in [0.25, 0.3) is 10.8 Å². The maximum atomic E-state index is 11.5. The summed E-state index contributed by atoms with van der Waals surface area (Å²) in [6.07, 6.45) is 1.28. The Hall–Kier alpha value is -2.56. The number of ether oxygens (including phenoxy) is 1. The molecule has 5 heteroatoms. The van der Waals surface area contributed by atoms with Gasteiger partial charge in [-0.15, -0.1) is 0 Å². The monoisotopic (exact) mass is 423 g/mol. The van der Waals surface area contributed by atoms with Crippen molar-refractivity contribution in [1.82, 2.24) is 4.90 Å². The highest BCUT2D eigenvalue weighted by atomic mass is 35.5. The van der Waals surface area contributed by atoms with Gasteiger partial charge in [-0.1, -0.05) is 54.1 Å². The molecular formula is C25H26ClNO3. The van der Waals surface area contributed by atoms with Gasteiger partial charge >= 0.3 is 5.97 Å². The molecule has 156 valence electrons. The van der Waals surface area contributed by atoms with Gasteiger partial charge in [0.2, 0.25) is 0 Å². The Labute approximate surface area is 182 Å². The lowest BCUT2D eigenvalue weighted by Gasteiger charge is -2.38. The molecule has 1 unspecified atom stereocenters. The van der Waals surface area contributed by atoms with Gasteiger partial charge < -0.3 is 9.84 Å². The van der Waals surface area contributed by atoms with Crippen molar-refractivity contribution in [3.05, 3.63) is 76.8 Å². The van der Waals surface area contributed by atoms with E-state index >= 15 is 0 Å². The number of halogens is 1. The van der Waals surface area contributed by atoms with E-state index < -0.39 is 5.97 Å². The van der Waals surface area contributed by atoms with Gasteiger partial charge in [0.15, 0.2) is 0 Å². The number of carboxylic acids is 1. The van der Waals surface area contributed by atoms with Crippen LogP contribution in [0, 0.1) is 5.92 Å². The third kappa shape index (κ3) is 4.16. The first-order chi connectivity index (χ1) is 14.6. The second kappa shape index (κ2) is 9.07. The molecule has 0 aromatic heterocycles. The fourth-order valence-corrected chi connectivity index (χ4v) is 4.65. The summed E-state index contributed by atoms with van der Waals surface area (Å²) in [5, 5.41) is 12.5. The van der Waals surface area contributed by atoms with E-state index in [1.54, 1.807) is 0 Å². The normalized spacial score (nSPS) is 16.5. The summed E-state index contributed by atoms with van der Waals surface area (Å²) in [4.78, 5) is 13.8. The average molecular weight is 424 g/mol. The molecule has 3 aromatic rings. The zero-order chi connectivity index (χ0) is 21.1. The topological polar surface area (TPSA) is 49.8 Å². The minimum Gasteiger partial charge on any atom is -0.494 e. The van der Waals surface area contributed by atoms with E-state index in [4.69, 9.17) is 16.3 Å². The quantitative estimate of drug-likeness (QED) is 0.546. The van der Waals surface area contributed by atoms with Gasteiger partial charge in [-0.2, -0.15) is 0 Å². The standard InChI is InChI=1S/C25H26ClNO3/c1-2-30-23-11-10-19(26)16-22(23)24(27-14-12-18(13-15-27)25(28)29)21-9-5-7-17-6-3-4-8-20(17)21/h3-11,16,18,24H,2,12-15H2,1H3,(H,28,29). The summed E-state index contributed by atoms with van der Waals surface area (Å²) in [6.45, 7) is 3.97. The Morgan fingerprint density at radius 1 is 1.10 bits per heavy atom. The number of hydrogen-bond acceptors (Lipinski definition) is 3. The fraction of sp³-hybridized carbons (Fsp3) is 0.320. The van der Waals surface area contributed by atoms with Crippen LogP contribution in [0.3, 0.4) is 0 Å². The van der Waals surface area contributed by atoms with Crippen LogP contribution in [0.5, 0.6) is 5.75 Å². The van der Waals surface area contributed by atoms with Crippen molar-refractivity contribution in [1.29, 1.82) is 0 Å². The van der Waals surface area contributed by atoms with Gasteiger partial charge in [-0.3, -0.25) is 9.69 Å². The lowest BCUT2D eigenvalue weighted by molar-refractivity contribution is -0.143. The highest BCUT2D eigenvalue weighted by molar-refractivity contribution is 6.30. The first-order valence-corrected chi connectivity index (χ1v) is 10.8. The summed E-state index contributed by atoms with van der Waals surface area (Å²) >= 11 is 6.42. The third-order valence-corrected chi connectivity index (χ3v) is 6.16. The van der Waals surface area contributed by atoms with Crippen LogP contribution in [0.2, 0.25) is 5.02 Å². The zero-order valence-electron chi connectivity index (χ0n) is 17.1. The number of fused-ring (bicyclic) bond motifs is 1. The minimum absolute atomic E-state index is 0.0638. The molecule has 0 aliphatic carbocycles. The number of likely N-dealkylation sites (tertiary alicyclic amines) is 1. The van der Waals surface area contributed by atoms with E-state index in [-0.39, 0.29) is 12.0 Å². The molecule has 3 aromatic carbocycles. The molecule has 0 bridgehead atoms. The smallest absolute Gasteiger partial charge is 0.306 e. The molecule has 1 aliphatic heterocycles. The number of piperidine rings is 1. The first kappa shape index (κ1) is 20.7. The van der Waals surface area contributed by atoms with Gasteiger partial charge in [-0.05, 0) is 67.4 Å². The Bertz CT molecular complexity index is 1040. The van der Waals surface area contributed by atoms with Crippen molar-refractivity contribution in [2.45, 2.75) is 25.8 Å². The van der Waals surface area contributed by atoms with E-state index in [1.807, 2.05) is 31.2 Å². The summed E-state index contributed by atoms with van der Waals surface area (Å²) in [5.41, 5.74) is 2.21. The summed E-state index contributed by atoms with van der Waals surface area (Å²) in [6, 6.07) is 20.4. The second-order valence-electron chi connectivity index (χ2n) is 7.73. The van der Waals surface area contributed by atoms with Gasteiger partial charge in [-0.25, -0.2) is 0 Å². The predicted molar refractivity (Wildman–Crippen MR) is 120 cm³/mol. The van der Waals surface area contributed by atoms with Gasteiger partial charge in [0.25, 0.3) is 0 Å². The van der Waals surface area contributed by atoms with E-state index in [0.29, 0.717) is 37.6 Å². The fourth-order valence-electron chi connectivity index (χ4n) is 4.47. The van der Waals surface area contributed by atoms with Gasteiger partial charge in [0.05, 0.1) is 18.6 Å². The van der Waals surface area contributed by atoms with E-state index in [1.165, 1.54) is 16.3 Å². The number of aliphatic carboxylic acids is 1. The lowest BCUT2D eigenvalue weighted by Crippen LogP contribution is -2.39. The van der Waals surface area contributed by atoms with Crippen molar-refractivity contribution in [2.75, 3.05) is 19.7 Å². The number of carboxylic acid groups (broad SMARTS) is 1. The molecule has 1 heterocycles. The summed E-state index contributed by atoms with van der Waals surface area (Å²) < 4.78 is 5.98. The van der Waals surface area contributed by atoms with E-state index in [9.17, 15) is 9.90 Å². The van der Waals surface area contributed by atoms with Crippen molar-refractivity contribution in [3.8, 4) is 5.75 Å². The number of carbonyl (C=O) groups is 1. The molecule has 1 fully saturated rings. The van der Waals surface area contributed by atoms with Crippen LogP contribution >= 0.6 is 11.6 Å². The molecule has 4 nitrogen and oxygen atoms in total. The molecule has 4 rings (SSSR count). The number of rotatable bonds is 6. The average Bonchev–Trinajstić information content (AvgIpc) is 2.76. The van der Waals surface area contributed by atoms with E-state index in [0.717, 1.165) is 11.3 Å². The van der Waals surface area contributed by atoms with Gasteiger partial charge in [0, 0.05) is 10.6 Å². The summed E-state index contributed by atoms with van der Waals surface area (Å²) in [7, 11) is 0. The molecule has 0 radical (unpaired) electrons. The molecular weight excluding hydrogens is 398 g/mol. The molecule has 0 saturated carbocycles. The Balaban J connectivity index is 1.84. The van der Waals surface area contributed by atoms with Crippen LogP contribution in [0.15, 0.2) is 60.7 Å². The molecule has 1 atom stereocenters. The van der Waals surface area contributed by atoms with Crippen molar-refractivity contribution in [2.24, 2.45) is 5.92 Å². The number of nitrogens with zero attached hydrogens (tertiary/aromatic N) is 1. The van der Waals surface area contributed by atoms with Crippen LogP contribution in [0.1, 0.15) is 36.9 Å². The van der Waals surface area contributed by atoms with Crippen molar-refractivity contribution < 1.29 is 14.6 Å². The SMILES string of the molecule is CCOc1ccc(Cl)cc1C(c1cccc2ccccc12)N1CCC(C(=O)O)CC1. The molecule has 0 amide bonds. The lowest BCUT2D eigenvalue weighted by atomic mass is 9.88. The molecule has 1 saturated heterocycles. The second-order valence-corrected chi connectivity index (χ2v) is 8.17. The molecule has 1 aliphatic rings. The Kier molecular flexibility index (Phi) is 6.26. The number of benzene rings is 3. The van der Waals surface area contributed by atoms with Crippen LogP contribution in [-0.2, 0) is 4.79 Å². The molecule has 30 heavy (non-hydrogen) atoms. The maximum Gasteiger partial charge on any atom is 0.306 e. The van der Waals surface area contributed by atoms with Crippen LogP contribution in [0.4, 0.5) is 0 Å². The highest BCUT2D eigenvalue weighted by Gasteiger charge is 2.32. The van der Waals surface area contributed by atoms with Crippen molar-refractivity contribution >= 4 is 28.3 Å². The van der Waals surface area contributed by atoms with Crippen molar-refractivity contribution in [3.63, 3.8) is 0 Å². The zero-order valence-corrected chi connectivity index (χ0v) is 17.8. The Morgan fingerprint density at radius 2 is 1.83 bits per heavy atom.